The van der Waals surface area contributed by atoms with E-state index in [4.69, 9.17) is 0 Å². The molecule has 2 heterocycles. The summed E-state index contributed by atoms with van der Waals surface area (Å²) in [6.45, 7) is 3.02. The Hall–Kier alpha value is -2.63. The normalized spacial score (nSPS) is 18.6. The molecule has 0 bridgehead atoms. The predicted molar refractivity (Wildman–Crippen MR) is 90.0 cm³/mol. The molecule has 2 N–H and O–H groups in total. The number of imidazole rings is 1. The molecule has 0 saturated carbocycles. The minimum absolute atomic E-state index is 0.0125. The van der Waals surface area contributed by atoms with E-state index in [2.05, 4.69) is 15.3 Å². The smallest absolute Gasteiger partial charge is 0.225 e. The van der Waals surface area contributed by atoms with Crippen LogP contribution in [0.1, 0.15) is 30.6 Å². The highest BCUT2D eigenvalue weighted by atomic mass is 16.2. The Bertz CT molecular complexity index is 684. The van der Waals surface area contributed by atoms with E-state index < -0.39 is 0 Å². The molecule has 1 saturated heterocycles. The van der Waals surface area contributed by atoms with Crippen molar-refractivity contribution in [2.24, 2.45) is 5.92 Å². The average Bonchev–Trinajstić information content (AvgIpc) is 3.24. The monoisotopic (exact) mass is 326 g/mol. The molecular weight excluding hydrogens is 304 g/mol. The van der Waals surface area contributed by atoms with Gasteiger partial charge in [-0.05, 0) is 12.5 Å². The molecule has 3 rings (SSSR count). The van der Waals surface area contributed by atoms with Crippen LogP contribution in [0.15, 0.2) is 42.9 Å². The maximum Gasteiger partial charge on any atom is 0.225 e. The molecule has 1 aliphatic heterocycles. The van der Waals surface area contributed by atoms with Gasteiger partial charge in [0.25, 0.3) is 0 Å². The lowest BCUT2D eigenvalue weighted by molar-refractivity contribution is -0.130. The Morgan fingerprint density at radius 1 is 1.42 bits per heavy atom. The van der Waals surface area contributed by atoms with E-state index in [0.717, 1.165) is 11.3 Å². The number of hydrogen-bond donors (Lipinski definition) is 2. The van der Waals surface area contributed by atoms with Crippen LogP contribution in [0.4, 0.5) is 0 Å². The van der Waals surface area contributed by atoms with Gasteiger partial charge in [0, 0.05) is 37.8 Å². The minimum Gasteiger partial charge on any atom is -0.355 e. The molecule has 6 nitrogen and oxygen atoms in total. The Labute approximate surface area is 141 Å². The van der Waals surface area contributed by atoms with Crippen molar-refractivity contribution < 1.29 is 9.59 Å². The molecule has 2 atom stereocenters. The van der Waals surface area contributed by atoms with E-state index in [1.807, 2.05) is 37.3 Å². The van der Waals surface area contributed by atoms with Crippen LogP contribution in [-0.2, 0) is 16.0 Å². The SMILES string of the molecule is CC(c1ccccc1)N1CC(C(=O)NCCc2cnc[nH]2)CC1=O. The number of amides is 2. The lowest BCUT2D eigenvalue weighted by Crippen LogP contribution is -2.34. The van der Waals surface area contributed by atoms with Gasteiger partial charge < -0.3 is 15.2 Å². The summed E-state index contributed by atoms with van der Waals surface area (Å²) in [7, 11) is 0. The van der Waals surface area contributed by atoms with Crippen LogP contribution in [0.3, 0.4) is 0 Å². The van der Waals surface area contributed by atoms with Gasteiger partial charge in [-0.25, -0.2) is 4.98 Å². The fraction of sp³-hybridized carbons (Fsp3) is 0.389. The first kappa shape index (κ1) is 16.2. The van der Waals surface area contributed by atoms with Gasteiger partial charge in [-0.1, -0.05) is 30.3 Å². The zero-order chi connectivity index (χ0) is 16.9. The second kappa shape index (κ2) is 7.29. The number of carbonyl (C=O) groups excluding carboxylic acids is 2. The van der Waals surface area contributed by atoms with E-state index >= 15 is 0 Å². The Morgan fingerprint density at radius 3 is 2.92 bits per heavy atom. The number of likely N-dealkylation sites (tertiary alicyclic amines) is 1. The van der Waals surface area contributed by atoms with E-state index in [1.165, 1.54) is 0 Å². The average molecular weight is 326 g/mol. The molecule has 1 aliphatic rings. The minimum atomic E-state index is -0.273. The third-order valence-electron chi connectivity index (χ3n) is 4.53. The van der Waals surface area contributed by atoms with Crippen LogP contribution < -0.4 is 5.32 Å². The molecule has 1 fully saturated rings. The van der Waals surface area contributed by atoms with E-state index in [1.54, 1.807) is 17.4 Å². The Morgan fingerprint density at radius 2 is 2.21 bits per heavy atom. The summed E-state index contributed by atoms with van der Waals surface area (Å²) in [6, 6.07) is 9.89. The third kappa shape index (κ3) is 3.64. The molecule has 2 amide bonds. The largest absolute Gasteiger partial charge is 0.355 e. The van der Waals surface area contributed by atoms with Gasteiger partial charge in [0.2, 0.25) is 11.8 Å². The fourth-order valence-corrected chi connectivity index (χ4v) is 3.08. The molecule has 1 aromatic heterocycles. The number of nitrogens with one attached hydrogen (secondary N) is 2. The van der Waals surface area contributed by atoms with Gasteiger partial charge in [-0.2, -0.15) is 0 Å². The van der Waals surface area contributed by atoms with Crippen LogP contribution >= 0.6 is 0 Å². The Kier molecular flexibility index (Phi) is 4.93. The van der Waals surface area contributed by atoms with Gasteiger partial charge in [-0.3, -0.25) is 9.59 Å². The summed E-state index contributed by atoms with van der Waals surface area (Å²) in [5.41, 5.74) is 2.07. The summed E-state index contributed by atoms with van der Waals surface area (Å²) in [5, 5.41) is 2.92. The molecule has 6 heteroatoms. The summed E-state index contributed by atoms with van der Waals surface area (Å²) < 4.78 is 0. The molecule has 0 radical (unpaired) electrons. The van der Waals surface area contributed by atoms with E-state index in [9.17, 15) is 9.59 Å². The first-order chi connectivity index (χ1) is 11.6. The topological polar surface area (TPSA) is 78.1 Å². The van der Waals surface area contributed by atoms with E-state index in [0.29, 0.717) is 19.5 Å². The molecule has 0 aliphatic carbocycles. The maximum atomic E-state index is 12.3. The van der Waals surface area contributed by atoms with Crippen molar-refractivity contribution >= 4 is 11.8 Å². The van der Waals surface area contributed by atoms with Gasteiger partial charge in [-0.15, -0.1) is 0 Å². The van der Waals surface area contributed by atoms with Gasteiger partial charge in [0.15, 0.2) is 0 Å². The first-order valence-electron chi connectivity index (χ1n) is 8.24. The molecule has 2 aromatic rings. The van der Waals surface area contributed by atoms with Crippen molar-refractivity contribution in [2.75, 3.05) is 13.1 Å². The highest BCUT2D eigenvalue weighted by Crippen LogP contribution is 2.28. The summed E-state index contributed by atoms with van der Waals surface area (Å²) >= 11 is 0. The zero-order valence-corrected chi connectivity index (χ0v) is 13.7. The molecule has 0 spiro atoms. The van der Waals surface area contributed by atoms with Crippen LogP contribution in [-0.4, -0.2) is 39.8 Å². The highest BCUT2D eigenvalue weighted by Gasteiger charge is 2.36. The van der Waals surface area contributed by atoms with Crippen molar-refractivity contribution in [3.8, 4) is 0 Å². The highest BCUT2D eigenvalue weighted by molar-refractivity contribution is 5.89. The second-order valence-corrected chi connectivity index (χ2v) is 6.15. The summed E-state index contributed by atoms with van der Waals surface area (Å²) in [6.07, 6.45) is 4.35. The number of aromatic nitrogens is 2. The quantitative estimate of drug-likeness (QED) is 0.848. The van der Waals surface area contributed by atoms with Crippen molar-refractivity contribution in [3.05, 3.63) is 54.1 Å². The molecule has 1 aromatic carbocycles. The van der Waals surface area contributed by atoms with E-state index in [-0.39, 0.29) is 30.2 Å². The zero-order valence-electron chi connectivity index (χ0n) is 13.7. The maximum absolute atomic E-state index is 12.3. The van der Waals surface area contributed by atoms with Crippen LogP contribution in [0.5, 0.6) is 0 Å². The van der Waals surface area contributed by atoms with Gasteiger partial charge in [0.05, 0.1) is 18.3 Å². The number of benzene rings is 1. The van der Waals surface area contributed by atoms with Crippen molar-refractivity contribution in [3.63, 3.8) is 0 Å². The number of carbonyl (C=O) groups is 2. The summed E-state index contributed by atoms with van der Waals surface area (Å²) in [5.74, 6) is -0.281. The van der Waals surface area contributed by atoms with Gasteiger partial charge >= 0.3 is 0 Å². The Balaban J connectivity index is 1.53. The summed E-state index contributed by atoms with van der Waals surface area (Å²) in [4.78, 5) is 33.4. The number of hydrogen-bond acceptors (Lipinski definition) is 3. The second-order valence-electron chi connectivity index (χ2n) is 6.15. The number of nitrogens with zero attached hydrogens (tertiary/aromatic N) is 2. The molecular formula is C18H22N4O2. The van der Waals surface area contributed by atoms with Crippen molar-refractivity contribution in [1.82, 2.24) is 20.2 Å². The van der Waals surface area contributed by atoms with Gasteiger partial charge in [0.1, 0.15) is 0 Å². The lowest BCUT2D eigenvalue weighted by atomic mass is 10.1. The predicted octanol–water partition coefficient (Wildman–Crippen LogP) is 1.68. The molecule has 2 unspecified atom stereocenters. The first-order valence-corrected chi connectivity index (χ1v) is 8.24. The van der Waals surface area contributed by atoms with Crippen LogP contribution in [0.25, 0.3) is 0 Å². The third-order valence-corrected chi connectivity index (χ3v) is 4.53. The van der Waals surface area contributed by atoms with Crippen LogP contribution in [0.2, 0.25) is 0 Å². The number of rotatable bonds is 6. The lowest BCUT2D eigenvalue weighted by Gasteiger charge is -2.25. The fourth-order valence-electron chi connectivity index (χ4n) is 3.08. The van der Waals surface area contributed by atoms with Crippen molar-refractivity contribution in [1.29, 1.82) is 0 Å². The molecule has 126 valence electrons. The standard InChI is InChI=1S/C18H22N4O2/c1-13(14-5-3-2-4-6-14)22-11-15(9-17(22)23)18(24)20-8-7-16-10-19-12-21-16/h2-6,10,12-13,15H,7-9,11H2,1H3,(H,19,21)(H,20,24). The number of H-pyrrole nitrogens is 1. The van der Waals surface area contributed by atoms with Crippen LogP contribution in [0, 0.1) is 5.92 Å². The van der Waals surface area contributed by atoms with Crippen molar-refractivity contribution in [2.45, 2.75) is 25.8 Å². The number of aromatic amines is 1. The molecule has 24 heavy (non-hydrogen) atoms.